The van der Waals surface area contributed by atoms with Gasteiger partial charge in [0, 0.05) is 5.41 Å². The maximum Gasteiger partial charge on any atom is 0.123 e. The van der Waals surface area contributed by atoms with Crippen LogP contribution in [0.1, 0.15) is 12.5 Å². The molecular formula is C12H16FNO. The third-order valence-corrected chi connectivity index (χ3v) is 3.42. The molecule has 15 heavy (non-hydrogen) atoms. The lowest BCUT2D eigenvalue weighted by Crippen LogP contribution is -2.53. The second kappa shape index (κ2) is 3.91. The number of hydrogen-bond acceptors (Lipinski definition) is 2. The fourth-order valence-electron chi connectivity index (χ4n) is 2.08. The quantitative estimate of drug-likeness (QED) is 0.822. The minimum absolute atomic E-state index is 0.0726. The molecule has 1 aromatic carbocycles. The summed E-state index contributed by atoms with van der Waals surface area (Å²) in [4.78, 5) is 0. The van der Waals surface area contributed by atoms with Crippen molar-refractivity contribution >= 4 is 0 Å². The van der Waals surface area contributed by atoms with Gasteiger partial charge >= 0.3 is 0 Å². The summed E-state index contributed by atoms with van der Waals surface area (Å²) in [5.74, 6) is 0.121. The van der Waals surface area contributed by atoms with Gasteiger partial charge in [0.2, 0.25) is 0 Å². The first-order valence-electron chi connectivity index (χ1n) is 5.23. The molecule has 0 saturated carbocycles. The van der Waals surface area contributed by atoms with E-state index in [9.17, 15) is 4.39 Å². The van der Waals surface area contributed by atoms with Crippen LogP contribution < -0.4 is 5.73 Å². The maximum absolute atomic E-state index is 13.2. The molecular weight excluding hydrogens is 193 g/mol. The molecule has 1 saturated heterocycles. The fraction of sp³-hybridized carbons (Fsp3) is 0.500. The van der Waals surface area contributed by atoms with Crippen LogP contribution in [0.2, 0.25) is 0 Å². The zero-order valence-corrected chi connectivity index (χ0v) is 8.87. The summed E-state index contributed by atoms with van der Waals surface area (Å²) < 4.78 is 18.4. The van der Waals surface area contributed by atoms with Gasteiger partial charge in [0.1, 0.15) is 5.82 Å². The van der Waals surface area contributed by atoms with Crippen molar-refractivity contribution in [2.45, 2.75) is 12.3 Å². The molecule has 0 bridgehead atoms. The van der Waals surface area contributed by atoms with E-state index in [1.54, 1.807) is 12.1 Å². The van der Waals surface area contributed by atoms with Crippen LogP contribution in [0.25, 0.3) is 0 Å². The summed E-state index contributed by atoms with van der Waals surface area (Å²) in [6.07, 6.45) is 0. The normalized spacial score (nSPS) is 20.7. The van der Waals surface area contributed by atoms with Gasteiger partial charge in [-0.3, -0.25) is 0 Å². The highest BCUT2D eigenvalue weighted by Crippen LogP contribution is 2.39. The van der Waals surface area contributed by atoms with Gasteiger partial charge in [-0.2, -0.15) is 0 Å². The Balaban J connectivity index is 2.34. The van der Waals surface area contributed by atoms with Crippen LogP contribution in [0.5, 0.6) is 0 Å². The third-order valence-electron chi connectivity index (χ3n) is 3.42. The average molecular weight is 209 g/mol. The van der Waals surface area contributed by atoms with Gasteiger partial charge in [0.05, 0.1) is 13.2 Å². The maximum atomic E-state index is 13.2. The highest BCUT2D eigenvalue weighted by Gasteiger charge is 2.44. The first-order chi connectivity index (χ1) is 7.19. The van der Waals surface area contributed by atoms with Crippen molar-refractivity contribution in [2.24, 2.45) is 11.7 Å². The summed E-state index contributed by atoms with van der Waals surface area (Å²) in [6, 6.07) is 6.75. The van der Waals surface area contributed by atoms with Crippen molar-refractivity contribution in [1.29, 1.82) is 0 Å². The van der Waals surface area contributed by atoms with E-state index < -0.39 is 0 Å². The predicted molar refractivity (Wildman–Crippen MR) is 57.1 cm³/mol. The Bertz CT molecular complexity index is 349. The lowest BCUT2D eigenvalue weighted by molar-refractivity contribution is -0.0855. The predicted octanol–water partition coefficient (Wildman–Crippen LogP) is 1.69. The number of ether oxygens (including phenoxy) is 1. The Hall–Kier alpha value is -0.930. The van der Waals surface area contributed by atoms with E-state index in [1.807, 2.05) is 6.07 Å². The van der Waals surface area contributed by atoms with Crippen LogP contribution in [0.15, 0.2) is 24.3 Å². The molecule has 1 unspecified atom stereocenters. The topological polar surface area (TPSA) is 35.2 Å². The first-order valence-corrected chi connectivity index (χ1v) is 5.23. The number of nitrogens with two attached hydrogens (primary N) is 1. The third kappa shape index (κ3) is 1.66. The van der Waals surface area contributed by atoms with Crippen molar-refractivity contribution in [3.05, 3.63) is 35.6 Å². The van der Waals surface area contributed by atoms with Gasteiger partial charge in [-0.1, -0.05) is 19.1 Å². The summed E-state index contributed by atoms with van der Waals surface area (Å²) in [5, 5.41) is 0. The molecule has 82 valence electrons. The zero-order valence-electron chi connectivity index (χ0n) is 8.87. The van der Waals surface area contributed by atoms with Crippen LogP contribution in [-0.2, 0) is 10.2 Å². The molecule has 2 nitrogen and oxygen atoms in total. The summed E-state index contributed by atoms with van der Waals surface area (Å²) in [7, 11) is 0. The van der Waals surface area contributed by atoms with Crippen LogP contribution in [0.4, 0.5) is 4.39 Å². The number of halogens is 1. The first kappa shape index (κ1) is 10.6. The number of rotatable bonds is 3. The van der Waals surface area contributed by atoms with Crippen molar-refractivity contribution in [3.8, 4) is 0 Å². The van der Waals surface area contributed by atoms with Crippen LogP contribution in [-0.4, -0.2) is 19.8 Å². The largest absolute Gasteiger partial charge is 0.379 e. The van der Waals surface area contributed by atoms with Gasteiger partial charge < -0.3 is 10.5 Å². The Labute approximate surface area is 89.2 Å². The molecule has 0 spiro atoms. The van der Waals surface area contributed by atoms with Crippen LogP contribution in [0.3, 0.4) is 0 Å². The van der Waals surface area contributed by atoms with E-state index in [1.165, 1.54) is 6.07 Å². The lowest BCUT2D eigenvalue weighted by atomic mass is 9.69. The van der Waals surface area contributed by atoms with E-state index in [0.29, 0.717) is 25.7 Å². The van der Waals surface area contributed by atoms with Gasteiger partial charge in [0.15, 0.2) is 0 Å². The Morgan fingerprint density at radius 3 is 2.73 bits per heavy atom. The molecule has 2 rings (SSSR count). The standard InChI is InChI=1S/C12H16FNO/c1-9(6-14)12(7-15-8-12)10-3-2-4-11(13)5-10/h2-5,9H,6-8,14H2,1H3. The highest BCUT2D eigenvalue weighted by atomic mass is 19.1. The minimum Gasteiger partial charge on any atom is -0.379 e. The highest BCUT2D eigenvalue weighted by molar-refractivity contribution is 5.29. The summed E-state index contributed by atoms with van der Waals surface area (Å²) >= 11 is 0. The molecule has 1 fully saturated rings. The number of hydrogen-bond donors (Lipinski definition) is 1. The van der Waals surface area contributed by atoms with Crippen molar-refractivity contribution in [3.63, 3.8) is 0 Å². The van der Waals surface area contributed by atoms with Gasteiger partial charge in [-0.15, -0.1) is 0 Å². The molecule has 0 radical (unpaired) electrons. The second-order valence-corrected chi connectivity index (χ2v) is 4.30. The summed E-state index contributed by atoms with van der Waals surface area (Å²) in [5.41, 5.74) is 6.63. The van der Waals surface area contributed by atoms with E-state index in [4.69, 9.17) is 10.5 Å². The van der Waals surface area contributed by atoms with Gasteiger partial charge in [0.25, 0.3) is 0 Å². The Morgan fingerprint density at radius 2 is 2.27 bits per heavy atom. The lowest BCUT2D eigenvalue weighted by Gasteiger charge is -2.46. The molecule has 0 aliphatic carbocycles. The minimum atomic E-state index is -0.192. The smallest absolute Gasteiger partial charge is 0.123 e. The van der Waals surface area contributed by atoms with E-state index in [-0.39, 0.29) is 11.2 Å². The van der Waals surface area contributed by atoms with Gasteiger partial charge in [-0.05, 0) is 30.2 Å². The van der Waals surface area contributed by atoms with Crippen LogP contribution in [0, 0.1) is 11.7 Å². The van der Waals surface area contributed by atoms with Crippen molar-refractivity contribution in [2.75, 3.05) is 19.8 Å². The molecule has 1 aliphatic rings. The number of benzene rings is 1. The molecule has 3 heteroatoms. The van der Waals surface area contributed by atoms with E-state index >= 15 is 0 Å². The van der Waals surface area contributed by atoms with Crippen LogP contribution >= 0.6 is 0 Å². The molecule has 1 heterocycles. The van der Waals surface area contributed by atoms with E-state index in [2.05, 4.69) is 6.92 Å². The fourth-order valence-corrected chi connectivity index (χ4v) is 2.08. The Morgan fingerprint density at radius 1 is 1.53 bits per heavy atom. The molecule has 1 aliphatic heterocycles. The molecule has 0 aromatic heterocycles. The molecule has 1 atom stereocenters. The summed E-state index contributed by atoms with van der Waals surface area (Å²) in [6.45, 7) is 3.98. The molecule has 1 aromatic rings. The van der Waals surface area contributed by atoms with Crippen molar-refractivity contribution in [1.82, 2.24) is 0 Å². The van der Waals surface area contributed by atoms with E-state index in [0.717, 1.165) is 5.56 Å². The second-order valence-electron chi connectivity index (χ2n) is 4.30. The SMILES string of the molecule is CC(CN)C1(c2cccc(F)c2)COC1. The molecule has 2 N–H and O–H groups in total. The molecule has 0 amide bonds. The van der Waals surface area contributed by atoms with Gasteiger partial charge in [-0.25, -0.2) is 4.39 Å². The monoisotopic (exact) mass is 209 g/mol. The average Bonchev–Trinajstić information content (AvgIpc) is 2.16. The Kier molecular flexibility index (Phi) is 2.76. The zero-order chi connectivity index (χ0) is 10.9. The van der Waals surface area contributed by atoms with Crippen molar-refractivity contribution < 1.29 is 9.13 Å².